The number of carbonyl (C=O) groups excluding carboxylic acids is 1. The van der Waals surface area contributed by atoms with Crippen molar-refractivity contribution in [1.29, 1.82) is 0 Å². The summed E-state index contributed by atoms with van der Waals surface area (Å²) < 4.78 is 37.5. The van der Waals surface area contributed by atoms with Gasteiger partial charge in [-0.1, -0.05) is 0 Å². The van der Waals surface area contributed by atoms with Gasteiger partial charge in [0.15, 0.2) is 0 Å². The van der Waals surface area contributed by atoms with Crippen molar-refractivity contribution in [3.8, 4) is 0 Å². The lowest BCUT2D eigenvalue weighted by Crippen LogP contribution is -2.26. The van der Waals surface area contributed by atoms with Crippen molar-refractivity contribution < 1.29 is 18.0 Å². The summed E-state index contributed by atoms with van der Waals surface area (Å²) in [5.41, 5.74) is 4.16. The Morgan fingerprint density at radius 3 is 2.59 bits per heavy atom. The Kier molecular flexibility index (Phi) is 3.82. The van der Waals surface area contributed by atoms with Crippen LogP contribution in [0.1, 0.15) is 5.56 Å². The van der Waals surface area contributed by atoms with E-state index in [1.54, 1.807) is 0 Å². The minimum Gasteiger partial charge on any atom is -0.398 e. The Hall–Kier alpha value is -1.92. The highest BCUT2D eigenvalue weighted by Gasteiger charge is 2.33. The number of rotatable bonds is 3. The monoisotopic (exact) mass is 247 g/mol. The van der Waals surface area contributed by atoms with Crippen molar-refractivity contribution in [2.75, 3.05) is 24.6 Å². The number of benzene rings is 1. The molecule has 4 nitrogen and oxygen atoms in total. The molecule has 0 heterocycles. The van der Waals surface area contributed by atoms with Crippen LogP contribution in [-0.4, -0.2) is 19.5 Å². The summed E-state index contributed by atoms with van der Waals surface area (Å²) >= 11 is 0. The molecule has 0 saturated carbocycles. The van der Waals surface area contributed by atoms with Crippen LogP contribution in [0.3, 0.4) is 0 Å². The maximum Gasteiger partial charge on any atom is 0.418 e. The van der Waals surface area contributed by atoms with Gasteiger partial charge in [0.1, 0.15) is 0 Å². The molecule has 0 fully saturated rings. The van der Waals surface area contributed by atoms with E-state index in [9.17, 15) is 18.0 Å². The highest BCUT2D eigenvalue weighted by Crippen LogP contribution is 2.34. The second-order valence-electron chi connectivity index (χ2n) is 3.33. The van der Waals surface area contributed by atoms with Crippen molar-refractivity contribution in [3.05, 3.63) is 23.8 Å². The third kappa shape index (κ3) is 3.54. The molecular weight excluding hydrogens is 235 g/mol. The Labute approximate surface area is 96.0 Å². The fourth-order valence-electron chi connectivity index (χ4n) is 1.18. The van der Waals surface area contributed by atoms with E-state index in [-0.39, 0.29) is 23.8 Å². The second-order valence-corrected chi connectivity index (χ2v) is 3.33. The molecule has 7 heteroatoms. The molecule has 1 rings (SSSR count). The smallest absolute Gasteiger partial charge is 0.398 e. The number of likely N-dealkylation sites (N-methyl/N-ethyl adjacent to an activating group) is 1. The molecule has 17 heavy (non-hydrogen) atoms. The number of anilines is 2. The highest BCUT2D eigenvalue weighted by molar-refractivity contribution is 5.80. The van der Waals surface area contributed by atoms with Crippen molar-refractivity contribution in [2.45, 2.75) is 6.18 Å². The standard InChI is InChI=1S/C10H12F3N3O/c1-15-9(17)5-16-6-2-3-8(14)7(4-6)10(11,12)13/h2-4,16H,5,14H2,1H3,(H,15,17). The van der Waals surface area contributed by atoms with E-state index in [0.717, 1.165) is 12.1 Å². The number of hydrogen-bond acceptors (Lipinski definition) is 3. The predicted molar refractivity (Wildman–Crippen MR) is 58.4 cm³/mol. The number of carbonyl (C=O) groups is 1. The van der Waals surface area contributed by atoms with Crippen LogP contribution in [0.4, 0.5) is 24.5 Å². The van der Waals surface area contributed by atoms with Crippen LogP contribution in [-0.2, 0) is 11.0 Å². The van der Waals surface area contributed by atoms with Crippen LogP contribution in [0.5, 0.6) is 0 Å². The zero-order valence-corrected chi connectivity index (χ0v) is 9.06. The van der Waals surface area contributed by atoms with Gasteiger partial charge in [0, 0.05) is 18.4 Å². The summed E-state index contributed by atoms with van der Waals surface area (Å²) in [5, 5.41) is 4.91. The van der Waals surface area contributed by atoms with Crippen LogP contribution in [0, 0.1) is 0 Å². The van der Waals surface area contributed by atoms with Crippen molar-refractivity contribution in [1.82, 2.24) is 5.32 Å². The maximum atomic E-state index is 12.5. The van der Waals surface area contributed by atoms with Gasteiger partial charge >= 0.3 is 6.18 Å². The summed E-state index contributed by atoms with van der Waals surface area (Å²) in [6.07, 6.45) is -4.51. The van der Waals surface area contributed by atoms with Gasteiger partial charge in [0.05, 0.1) is 12.1 Å². The number of alkyl halides is 3. The largest absolute Gasteiger partial charge is 0.418 e. The molecule has 1 aromatic carbocycles. The lowest BCUT2D eigenvalue weighted by atomic mass is 10.1. The van der Waals surface area contributed by atoms with E-state index in [0.29, 0.717) is 0 Å². The molecular formula is C10H12F3N3O. The Morgan fingerprint density at radius 2 is 2.06 bits per heavy atom. The molecule has 0 aliphatic carbocycles. The average molecular weight is 247 g/mol. The molecule has 0 spiro atoms. The molecule has 0 bridgehead atoms. The minimum atomic E-state index is -4.51. The normalized spacial score (nSPS) is 11.1. The Bertz CT molecular complexity index is 418. The number of hydrogen-bond donors (Lipinski definition) is 3. The molecule has 0 unspecified atom stereocenters. The van der Waals surface area contributed by atoms with Crippen molar-refractivity contribution >= 4 is 17.3 Å². The van der Waals surface area contributed by atoms with Gasteiger partial charge in [-0.05, 0) is 18.2 Å². The van der Waals surface area contributed by atoms with Gasteiger partial charge in [-0.2, -0.15) is 13.2 Å². The predicted octanol–water partition coefficient (Wildman–Crippen LogP) is 1.45. The summed E-state index contributed by atoms with van der Waals surface area (Å²) in [7, 11) is 1.44. The van der Waals surface area contributed by atoms with Gasteiger partial charge < -0.3 is 16.4 Å². The summed E-state index contributed by atoms with van der Waals surface area (Å²) in [6, 6.07) is 3.40. The van der Waals surface area contributed by atoms with E-state index in [1.807, 2.05) is 0 Å². The van der Waals surface area contributed by atoms with Crippen LogP contribution in [0.2, 0.25) is 0 Å². The van der Waals surface area contributed by atoms with Crippen LogP contribution >= 0.6 is 0 Å². The molecule has 0 saturated heterocycles. The minimum absolute atomic E-state index is 0.0995. The van der Waals surface area contributed by atoms with E-state index in [2.05, 4.69) is 10.6 Å². The van der Waals surface area contributed by atoms with E-state index < -0.39 is 11.7 Å². The first kappa shape index (κ1) is 13.1. The number of nitrogens with one attached hydrogen (secondary N) is 2. The number of nitrogens with two attached hydrogens (primary N) is 1. The maximum absolute atomic E-state index is 12.5. The molecule has 0 aliphatic rings. The van der Waals surface area contributed by atoms with Gasteiger partial charge in [0.25, 0.3) is 0 Å². The number of nitrogen functional groups attached to an aromatic ring is 1. The molecule has 0 aromatic heterocycles. The average Bonchev–Trinajstić information content (AvgIpc) is 2.26. The van der Waals surface area contributed by atoms with Crippen LogP contribution in [0.25, 0.3) is 0 Å². The van der Waals surface area contributed by atoms with Crippen LogP contribution in [0.15, 0.2) is 18.2 Å². The molecule has 1 amide bonds. The number of amides is 1. The lowest BCUT2D eigenvalue weighted by molar-refractivity contribution is -0.136. The third-order valence-electron chi connectivity index (χ3n) is 2.09. The summed E-state index contributed by atoms with van der Waals surface area (Å²) in [6.45, 7) is -0.0995. The van der Waals surface area contributed by atoms with E-state index in [1.165, 1.54) is 13.1 Å². The fourth-order valence-corrected chi connectivity index (χ4v) is 1.18. The van der Waals surface area contributed by atoms with E-state index in [4.69, 9.17) is 5.73 Å². The third-order valence-corrected chi connectivity index (χ3v) is 2.09. The molecule has 1 aromatic rings. The first-order valence-corrected chi connectivity index (χ1v) is 4.75. The second kappa shape index (κ2) is 4.94. The van der Waals surface area contributed by atoms with Crippen molar-refractivity contribution in [3.63, 3.8) is 0 Å². The van der Waals surface area contributed by atoms with Gasteiger partial charge in [0.2, 0.25) is 5.91 Å². The zero-order valence-electron chi connectivity index (χ0n) is 9.06. The zero-order chi connectivity index (χ0) is 13.1. The Morgan fingerprint density at radius 1 is 1.41 bits per heavy atom. The Balaban J connectivity index is 2.86. The topological polar surface area (TPSA) is 67.2 Å². The summed E-state index contributed by atoms with van der Waals surface area (Å²) in [4.78, 5) is 10.9. The quantitative estimate of drug-likeness (QED) is 0.708. The molecule has 94 valence electrons. The van der Waals surface area contributed by atoms with Gasteiger partial charge in [-0.25, -0.2) is 0 Å². The highest BCUT2D eigenvalue weighted by atomic mass is 19.4. The number of halogens is 3. The van der Waals surface area contributed by atoms with E-state index >= 15 is 0 Å². The first-order valence-electron chi connectivity index (χ1n) is 4.75. The summed E-state index contributed by atoms with van der Waals surface area (Å²) in [5.74, 6) is -0.324. The molecule has 0 radical (unpaired) electrons. The van der Waals surface area contributed by atoms with Gasteiger partial charge in [-0.15, -0.1) is 0 Å². The van der Waals surface area contributed by atoms with Crippen LogP contribution < -0.4 is 16.4 Å². The molecule has 0 aliphatic heterocycles. The lowest BCUT2D eigenvalue weighted by Gasteiger charge is -2.12. The first-order chi connectivity index (χ1) is 7.84. The molecule has 0 atom stereocenters. The SMILES string of the molecule is CNC(=O)CNc1ccc(N)c(C(F)(F)F)c1. The van der Waals surface area contributed by atoms with Gasteiger partial charge in [-0.3, -0.25) is 4.79 Å². The molecule has 4 N–H and O–H groups in total. The van der Waals surface area contributed by atoms with Crippen molar-refractivity contribution in [2.24, 2.45) is 0 Å². The fraction of sp³-hybridized carbons (Fsp3) is 0.300.